The number of piperidine rings is 1. The van der Waals surface area contributed by atoms with E-state index in [1.54, 1.807) is 6.07 Å². The highest BCUT2D eigenvalue weighted by atomic mass is 16.5. The minimum atomic E-state index is -1.09. The lowest BCUT2D eigenvalue weighted by Crippen LogP contribution is -2.29. The topological polar surface area (TPSA) is 148 Å². The van der Waals surface area contributed by atoms with Crippen LogP contribution < -0.4 is 21.1 Å². The number of anilines is 2. The first kappa shape index (κ1) is 45.8. The lowest BCUT2D eigenvalue weighted by atomic mass is 10.1. The van der Waals surface area contributed by atoms with Crippen molar-refractivity contribution in [1.82, 2.24) is 9.55 Å². The zero-order valence-electron chi connectivity index (χ0n) is 32.3. The van der Waals surface area contributed by atoms with E-state index in [1.165, 1.54) is 131 Å². The number of hydrogen-bond donors (Lipinski definition) is 2. The molecule has 0 atom stereocenters. The molecule has 3 aromatic rings. The molecule has 52 heavy (non-hydrogen) atoms. The Morgan fingerprint density at radius 1 is 0.865 bits per heavy atom. The molecule has 0 aliphatic carbocycles. The Kier molecular flexibility index (Phi) is 25.8. The van der Waals surface area contributed by atoms with Gasteiger partial charge < -0.3 is 29.9 Å². The third-order valence-corrected chi connectivity index (χ3v) is 8.72. The number of esters is 1. The summed E-state index contributed by atoms with van der Waals surface area (Å²) in [6, 6.07) is 11.4. The van der Waals surface area contributed by atoms with Crippen LogP contribution in [0.15, 0.2) is 59.8 Å². The fourth-order valence-corrected chi connectivity index (χ4v) is 5.88. The zero-order valence-corrected chi connectivity index (χ0v) is 32.3. The largest absolute Gasteiger partial charge is 0.480 e. The Labute approximate surface area is 311 Å². The molecule has 1 amide bonds. The van der Waals surface area contributed by atoms with Gasteiger partial charge in [-0.25, -0.2) is 0 Å². The molecule has 0 saturated carbocycles. The monoisotopic (exact) mass is 723 g/mol. The molecule has 11 nitrogen and oxygen atoms in total. The van der Waals surface area contributed by atoms with Gasteiger partial charge in [0, 0.05) is 55.8 Å². The number of carbonyl (C=O) groups is 3. The Bertz CT molecular complexity index is 1450. The number of unbranched alkanes of at least 4 members (excludes halogenated alkanes) is 11. The van der Waals surface area contributed by atoms with Gasteiger partial charge in [0.15, 0.2) is 0 Å². The number of methoxy groups -OCH3 is 1. The zero-order chi connectivity index (χ0) is 38.4. The number of nitrogens with two attached hydrogens (primary N) is 1. The second kappa shape index (κ2) is 29.3. The van der Waals surface area contributed by atoms with E-state index in [9.17, 15) is 19.2 Å². The molecule has 4 rings (SSSR count). The average Bonchev–Trinajstić information content (AvgIpc) is 3.17. The highest BCUT2D eigenvalue weighted by molar-refractivity contribution is 5.93. The smallest absolute Gasteiger partial charge is 0.323 e. The number of benzene rings is 1. The van der Waals surface area contributed by atoms with E-state index in [0.717, 1.165) is 43.2 Å². The average molecular weight is 724 g/mol. The van der Waals surface area contributed by atoms with Crippen molar-refractivity contribution < 1.29 is 24.2 Å². The minimum absolute atomic E-state index is 0.245. The Morgan fingerprint density at radius 2 is 1.42 bits per heavy atom. The van der Waals surface area contributed by atoms with Gasteiger partial charge >= 0.3 is 11.9 Å². The number of aliphatic carboxylic acids is 1. The van der Waals surface area contributed by atoms with E-state index in [1.807, 2.05) is 26.2 Å². The van der Waals surface area contributed by atoms with Crippen molar-refractivity contribution in [2.24, 2.45) is 5.73 Å². The van der Waals surface area contributed by atoms with Crippen LogP contribution in [-0.2, 0) is 25.7 Å². The SMILES string of the molecule is CC.COC(C)=O.NCCCCCCCCCCCCCCN(C=O)c1ccc(=O)n(CC(=O)O)c1.c1ccc2c(N3CCCCC3)cncc2c1. The van der Waals surface area contributed by atoms with Crippen molar-refractivity contribution in [3.8, 4) is 0 Å². The summed E-state index contributed by atoms with van der Waals surface area (Å²) in [7, 11) is 1.35. The van der Waals surface area contributed by atoms with Crippen molar-refractivity contribution in [3.63, 3.8) is 0 Å². The number of ether oxygens (including phenoxy) is 1. The number of rotatable bonds is 19. The molecule has 0 bridgehead atoms. The van der Waals surface area contributed by atoms with Crippen LogP contribution in [0.25, 0.3) is 10.8 Å². The summed E-state index contributed by atoms with van der Waals surface area (Å²) < 4.78 is 5.21. The molecular weight excluding hydrogens is 658 g/mol. The molecule has 11 heteroatoms. The first-order chi connectivity index (χ1) is 25.3. The van der Waals surface area contributed by atoms with Gasteiger partial charge in [0.1, 0.15) is 6.54 Å². The van der Waals surface area contributed by atoms with Gasteiger partial charge in [-0.3, -0.25) is 24.2 Å². The van der Waals surface area contributed by atoms with Crippen LogP contribution >= 0.6 is 0 Å². The summed E-state index contributed by atoms with van der Waals surface area (Å²) in [5.41, 5.74) is 6.95. The van der Waals surface area contributed by atoms with Crippen LogP contribution in [0.2, 0.25) is 0 Å². The molecule has 0 spiro atoms. The molecule has 3 N–H and O–H groups in total. The van der Waals surface area contributed by atoms with Crippen molar-refractivity contribution in [2.75, 3.05) is 43.1 Å². The lowest BCUT2D eigenvalue weighted by Gasteiger charge is -2.29. The summed E-state index contributed by atoms with van der Waals surface area (Å²) in [6.45, 7) is 8.68. The van der Waals surface area contributed by atoms with Gasteiger partial charge in [-0.1, -0.05) is 102 Å². The number of nitrogens with zero attached hydrogens (tertiary/aromatic N) is 4. The number of carbonyl (C=O) groups excluding carboxylic acids is 2. The van der Waals surface area contributed by atoms with E-state index in [0.29, 0.717) is 12.2 Å². The normalized spacial score (nSPS) is 11.9. The molecule has 1 saturated heterocycles. The molecule has 2 aromatic heterocycles. The van der Waals surface area contributed by atoms with Crippen molar-refractivity contribution >= 4 is 40.5 Å². The number of aromatic nitrogens is 2. The quantitative estimate of drug-likeness (QED) is 0.0714. The lowest BCUT2D eigenvalue weighted by molar-refractivity contribution is -0.138. The van der Waals surface area contributed by atoms with Gasteiger partial charge in [-0.2, -0.15) is 0 Å². The van der Waals surface area contributed by atoms with Crippen LogP contribution in [0.4, 0.5) is 11.4 Å². The Balaban J connectivity index is 0.000000485. The molecule has 0 radical (unpaired) electrons. The molecule has 1 aliphatic heterocycles. The van der Waals surface area contributed by atoms with E-state index in [-0.39, 0.29) is 5.97 Å². The second-order valence-corrected chi connectivity index (χ2v) is 12.7. The van der Waals surface area contributed by atoms with Crippen molar-refractivity contribution in [3.05, 3.63) is 65.3 Å². The highest BCUT2D eigenvalue weighted by Gasteiger charge is 2.13. The second-order valence-electron chi connectivity index (χ2n) is 12.7. The maximum Gasteiger partial charge on any atom is 0.323 e. The molecule has 3 heterocycles. The summed E-state index contributed by atoms with van der Waals surface area (Å²) >= 11 is 0. The molecule has 290 valence electrons. The van der Waals surface area contributed by atoms with Crippen molar-refractivity contribution in [1.29, 1.82) is 0 Å². The van der Waals surface area contributed by atoms with Gasteiger partial charge in [-0.05, 0) is 44.7 Å². The first-order valence-electron chi connectivity index (χ1n) is 19.3. The van der Waals surface area contributed by atoms with E-state index >= 15 is 0 Å². The van der Waals surface area contributed by atoms with Gasteiger partial charge in [0.05, 0.1) is 24.7 Å². The van der Waals surface area contributed by atoms with Crippen LogP contribution in [0.5, 0.6) is 0 Å². The number of carboxylic acids is 1. The standard InChI is InChI=1S/C22H37N3O4.C14H16N2.C3H6O2.C2H6/c23-15-11-9-7-5-3-1-2-4-6-8-10-12-16-24(19-26)20-13-14-21(27)25(17-20)18-22(28)29;1-4-8-16(9-5-1)14-11-15-10-12-6-2-3-7-13(12)14;1-3(4)5-2;1-2/h13-14,17,19H,1-12,15-16,18,23H2,(H,28,29);2-3,6-7,10-11H,1,4-5,8-9H2;1-2H3;1-2H3. The van der Waals surface area contributed by atoms with E-state index < -0.39 is 18.1 Å². The summed E-state index contributed by atoms with van der Waals surface area (Å²) in [5, 5.41) is 11.4. The number of amides is 1. The first-order valence-corrected chi connectivity index (χ1v) is 19.3. The van der Waals surface area contributed by atoms with Crippen LogP contribution in [0, 0.1) is 0 Å². The summed E-state index contributed by atoms with van der Waals surface area (Å²) in [4.78, 5) is 51.9. The Morgan fingerprint density at radius 3 is 1.96 bits per heavy atom. The summed E-state index contributed by atoms with van der Waals surface area (Å²) in [6.07, 6.45) is 24.6. The Hall–Kier alpha value is -4.25. The maximum absolute atomic E-state index is 11.7. The van der Waals surface area contributed by atoms with Crippen LogP contribution in [0.3, 0.4) is 0 Å². The third kappa shape index (κ3) is 19.4. The predicted molar refractivity (Wildman–Crippen MR) is 213 cm³/mol. The number of carboxylic acid groups (broad SMARTS) is 1. The molecular formula is C41H65N5O6. The van der Waals surface area contributed by atoms with E-state index in [2.05, 4.69) is 38.9 Å². The highest BCUT2D eigenvalue weighted by Crippen LogP contribution is 2.27. The fourth-order valence-electron chi connectivity index (χ4n) is 5.88. The van der Waals surface area contributed by atoms with Crippen LogP contribution in [0.1, 0.15) is 117 Å². The maximum atomic E-state index is 11.7. The molecule has 0 unspecified atom stereocenters. The molecule has 1 aromatic carbocycles. The van der Waals surface area contributed by atoms with Gasteiger partial charge in [-0.15, -0.1) is 0 Å². The third-order valence-electron chi connectivity index (χ3n) is 8.72. The van der Waals surface area contributed by atoms with Gasteiger partial charge in [0.25, 0.3) is 5.56 Å². The minimum Gasteiger partial charge on any atom is -0.480 e. The van der Waals surface area contributed by atoms with Crippen molar-refractivity contribution in [2.45, 2.75) is 124 Å². The number of pyridine rings is 2. The fraction of sp³-hybridized carbons (Fsp3) is 0.585. The molecule has 1 aliphatic rings. The number of hydrogen-bond acceptors (Lipinski definition) is 8. The van der Waals surface area contributed by atoms with Gasteiger partial charge in [0.2, 0.25) is 6.41 Å². The van der Waals surface area contributed by atoms with Crippen LogP contribution in [-0.4, -0.2) is 66.3 Å². The molecule has 1 fully saturated rings. The predicted octanol–water partition coefficient (Wildman–Crippen LogP) is 7.97. The van der Waals surface area contributed by atoms with E-state index in [4.69, 9.17) is 10.8 Å². The summed E-state index contributed by atoms with van der Waals surface area (Å²) in [5.74, 6) is -1.33. The number of fused-ring (bicyclic) bond motifs is 1.